The van der Waals surface area contributed by atoms with E-state index in [1.54, 1.807) is 0 Å². The number of aromatic nitrogens is 1. The van der Waals surface area contributed by atoms with Crippen molar-refractivity contribution < 1.29 is 44.0 Å². The second-order valence-corrected chi connectivity index (χ2v) is 11.9. The molecule has 0 saturated carbocycles. The van der Waals surface area contributed by atoms with Crippen LogP contribution in [-0.4, -0.2) is 29.0 Å². The number of aliphatic carboxylic acids is 1. The fraction of sp³-hybridized carbons (Fsp3) is 0.515. The van der Waals surface area contributed by atoms with Gasteiger partial charge in [-0.05, 0) is 81.3 Å². The number of allylic oxidation sites excluding steroid dienone is 6. The Morgan fingerprint density at radius 1 is 1.05 bits per heavy atom. The minimum Gasteiger partial charge on any atom is -0.550 e. The van der Waals surface area contributed by atoms with E-state index in [4.69, 9.17) is 9.98 Å². The van der Waals surface area contributed by atoms with Crippen LogP contribution in [0.4, 0.5) is 5.82 Å². The van der Waals surface area contributed by atoms with E-state index in [1.165, 1.54) is 36.8 Å². The summed E-state index contributed by atoms with van der Waals surface area (Å²) in [6.07, 6.45) is 22.5. The van der Waals surface area contributed by atoms with E-state index >= 15 is 0 Å². The Morgan fingerprint density at radius 2 is 1.82 bits per heavy atom. The van der Waals surface area contributed by atoms with Crippen molar-refractivity contribution in [1.82, 2.24) is 4.90 Å². The fourth-order valence-electron chi connectivity index (χ4n) is 5.61. The van der Waals surface area contributed by atoms with Crippen LogP contribution in [0.5, 0.6) is 0 Å². The molecule has 0 fully saturated rings. The van der Waals surface area contributed by atoms with Gasteiger partial charge in [-0.15, -0.1) is 0 Å². The Bertz CT molecular complexity index is 1270. The van der Waals surface area contributed by atoms with E-state index < -0.39 is 5.97 Å². The number of aryl methyl sites for hydroxylation is 1. The number of rotatable bonds is 13. The number of hydrogen-bond donors (Lipinski definition) is 0. The number of fused-ring (bicyclic) bond motifs is 2. The zero-order chi connectivity index (χ0) is 28.0. The van der Waals surface area contributed by atoms with E-state index in [1.807, 2.05) is 0 Å². The van der Waals surface area contributed by atoms with Gasteiger partial charge in [0.05, 0.1) is 29.4 Å². The molecule has 0 aliphatic carbocycles. The number of carbonyl (C=O) groups excluding carboxylic acids is 1. The Labute approximate surface area is 262 Å². The summed E-state index contributed by atoms with van der Waals surface area (Å²) in [6.45, 7) is 13.0. The molecule has 0 radical (unpaired) electrons. The van der Waals surface area contributed by atoms with E-state index in [0.717, 1.165) is 49.0 Å². The molecular weight excluding hydrogens is 507 g/mol. The quantitative estimate of drug-likeness (QED) is 0.215. The van der Waals surface area contributed by atoms with Crippen LogP contribution in [0.2, 0.25) is 0 Å². The van der Waals surface area contributed by atoms with Crippen LogP contribution in [0.1, 0.15) is 91.5 Å². The molecule has 0 spiro atoms. The normalized spacial score (nSPS) is 19.3. The van der Waals surface area contributed by atoms with Crippen molar-refractivity contribution >= 4 is 23.3 Å². The van der Waals surface area contributed by atoms with E-state index in [2.05, 4.69) is 99.0 Å². The molecule has 1 aromatic heterocycles. The van der Waals surface area contributed by atoms with Gasteiger partial charge in [-0.25, -0.2) is 9.56 Å². The molecular formula is C33H44N4NaO2+. The summed E-state index contributed by atoms with van der Waals surface area (Å²) in [4.78, 5) is 23.2. The maximum atomic E-state index is 10.7. The first-order valence-electron chi connectivity index (χ1n) is 14.6. The number of unbranched alkanes of at least 4 members (excludes halogenated alkanes) is 5. The van der Waals surface area contributed by atoms with Crippen LogP contribution in [0, 0.1) is 5.41 Å². The molecule has 0 bridgehead atoms. The molecule has 7 heteroatoms. The first kappa shape index (κ1) is 32.2. The van der Waals surface area contributed by atoms with Crippen LogP contribution in [-0.2, 0) is 16.8 Å². The summed E-state index contributed by atoms with van der Waals surface area (Å²) in [5.41, 5.74) is 4.26. The van der Waals surface area contributed by atoms with Crippen molar-refractivity contribution in [2.75, 3.05) is 6.54 Å². The molecule has 3 aliphatic heterocycles. The zero-order valence-electron chi connectivity index (χ0n) is 25.4. The van der Waals surface area contributed by atoms with Crippen molar-refractivity contribution in [3.8, 4) is 0 Å². The van der Waals surface area contributed by atoms with Crippen molar-refractivity contribution in [2.24, 2.45) is 15.4 Å². The largest absolute Gasteiger partial charge is 1.00 e. The topological polar surface area (TPSA) is 72.0 Å². The van der Waals surface area contributed by atoms with E-state index in [-0.39, 0.29) is 46.8 Å². The van der Waals surface area contributed by atoms with Crippen molar-refractivity contribution in [1.29, 1.82) is 0 Å². The predicted molar refractivity (Wildman–Crippen MR) is 157 cm³/mol. The maximum Gasteiger partial charge on any atom is 1.00 e. The Hall–Kier alpha value is -2.28. The molecule has 0 unspecified atom stereocenters. The van der Waals surface area contributed by atoms with Gasteiger partial charge in [0, 0.05) is 29.7 Å². The Morgan fingerprint density at radius 3 is 2.58 bits per heavy atom. The molecule has 0 amide bonds. The van der Waals surface area contributed by atoms with Gasteiger partial charge in [-0.2, -0.15) is 0 Å². The molecule has 3 aliphatic rings. The third kappa shape index (κ3) is 7.13. The first-order valence-corrected chi connectivity index (χ1v) is 14.6. The number of carboxylic acid groups (broad SMARTS) is 1. The number of amidine groups is 1. The molecule has 0 saturated heterocycles. The van der Waals surface area contributed by atoms with Gasteiger partial charge < -0.3 is 14.8 Å². The average molecular weight is 552 g/mol. The summed E-state index contributed by atoms with van der Waals surface area (Å²) >= 11 is 0. The standard InChI is InChI=1S/C33H44N4O2.Na/c1-6-7-8-11-21-36-23-14-16-25-30(36)34-27(32(25,2)3)18-13-19-28-33(4,5)26-17-15-24-37(31(26)35-28)22-12-9-10-20-29(38)39;/h13-19,23-24H,6-12,20-22H2,1-5H3;/q;+1. The number of pyridine rings is 1. The van der Waals surface area contributed by atoms with Crippen LogP contribution < -0.4 is 39.2 Å². The predicted octanol–water partition coefficient (Wildman–Crippen LogP) is 2.87. The van der Waals surface area contributed by atoms with Gasteiger partial charge in [0.2, 0.25) is 0 Å². The van der Waals surface area contributed by atoms with Gasteiger partial charge >= 0.3 is 35.4 Å². The van der Waals surface area contributed by atoms with Gasteiger partial charge in [-0.3, -0.25) is 0 Å². The molecule has 6 nitrogen and oxygen atoms in total. The zero-order valence-corrected chi connectivity index (χ0v) is 27.4. The summed E-state index contributed by atoms with van der Waals surface area (Å²) in [7, 11) is 0. The Kier molecular flexibility index (Phi) is 11.3. The van der Waals surface area contributed by atoms with Crippen molar-refractivity contribution in [2.45, 2.75) is 97.9 Å². The number of carbonyl (C=O) groups is 1. The summed E-state index contributed by atoms with van der Waals surface area (Å²) in [5.74, 6) is 1.11. The van der Waals surface area contributed by atoms with Crippen molar-refractivity contribution in [3.05, 3.63) is 71.7 Å². The molecule has 4 heterocycles. The monoisotopic (exact) mass is 551 g/mol. The Balaban J connectivity index is 0.00000441. The van der Waals surface area contributed by atoms with Gasteiger partial charge in [-0.1, -0.05) is 52.2 Å². The SMILES string of the molecule is CCCCCCN1C=CC=C2C1=N/C(=C/C=C/C1=Nc3c(ccc[n+]3CCCCCC(=O)[O-])C1(C)C)C2(C)C.[Na+]. The summed E-state index contributed by atoms with van der Waals surface area (Å²) in [5, 5.41) is 10.7. The molecule has 208 valence electrons. The first-order chi connectivity index (χ1) is 18.7. The molecule has 0 N–H and O–H groups in total. The van der Waals surface area contributed by atoms with Crippen LogP contribution in [0.25, 0.3) is 0 Å². The van der Waals surface area contributed by atoms with Gasteiger partial charge in [0.15, 0.2) is 5.71 Å². The van der Waals surface area contributed by atoms with Gasteiger partial charge in [0.1, 0.15) is 5.84 Å². The maximum absolute atomic E-state index is 10.7. The molecule has 0 atom stereocenters. The third-order valence-corrected chi connectivity index (χ3v) is 8.20. The summed E-state index contributed by atoms with van der Waals surface area (Å²) < 4.78 is 2.20. The number of aliphatic imine (C=N–C) groups is 2. The minimum absolute atomic E-state index is 0. The number of nitrogens with zero attached hydrogens (tertiary/aromatic N) is 4. The minimum atomic E-state index is -0.972. The van der Waals surface area contributed by atoms with E-state index in [9.17, 15) is 9.90 Å². The second kappa shape index (κ2) is 14.1. The van der Waals surface area contributed by atoms with Gasteiger partial charge in [0.25, 0.3) is 0 Å². The van der Waals surface area contributed by atoms with Crippen LogP contribution in [0.15, 0.2) is 76.2 Å². The van der Waals surface area contributed by atoms with Crippen molar-refractivity contribution in [3.63, 3.8) is 0 Å². The average Bonchev–Trinajstić information content (AvgIpc) is 3.31. The molecule has 1 aromatic rings. The molecule has 4 rings (SSSR count). The molecule has 0 aromatic carbocycles. The van der Waals surface area contributed by atoms with Crippen LogP contribution in [0.3, 0.4) is 0 Å². The smallest absolute Gasteiger partial charge is 0.550 e. The summed E-state index contributed by atoms with van der Waals surface area (Å²) in [6, 6.07) is 4.25. The number of carboxylic acids is 1. The fourth-order valence-corrected chi connectivity index (χ4v) is 5.61. The van der Waals surface area contributed by atoms with E-state index in [0.29, 0.717) is 6.42 Å². The third-order valence-electron chi connectivity index (χ3n) is 8.20. The van der Waals surface area contributed by atoms with Crippen LogP contribution >= 0.6 is 0 Å². The second-order valence-electron chi connectivity index (χ2n) is 11.9. The molecule has 40 heavy (non-hydrogen) atoms. The number of hydrogen-bond acceptors (Lipinski definition) is 5.